The molecule has 3 nitrogen and oxygen atoms in total. The third-order valence-corrected chi connectivity index (χ3v) is 7.39. The molecule has 0 aliphatic heterocycles. The summed E-state index contributed by atoms with van der Waals surface area (Å²) in [5.41, 5.74) is -0.0360. The molecule has 38 heavy (non-hydrogen) atoms. The molecule has 0 bridgehead atoms. The Bertz CT molecular complexity index is 800. The number of carbonyl (C=O) groups is 1. The third kappa shape index (κ3) is 12.0. The van der Waals surface area contributed by atoms with Crippen LogP contribution in [0.1, 0.15) is 70.9 Å². The van der Waals surface area contributed by atoms with Gasteiger partial charge in [0.1, 0.15) is 5.44 Å². The molecule has 2 atom stereocenters. The number of unbranched alkanes of at least 4 members (excludes halogenated alkanes) is 2. The Kier molecular flexibility index (Phi) is 20.2. The summed E-state index contributed by atoms with van der Waals surface area (Å²) in [5.74, 6) is 1.26. The van der Waals surface area contributed by atoms with Crippen LogP contribution in [0.3, 0.4) is 0 Å². The van der Waals surface area contributed by atoms with Crippen molar-refractivity contribution < 1.29 is 35.3 Å². The van der Waals surface area contributed by atoms with Crippen molar-refractivity contribution in [1.82, 2.24) is 0 Å². The summed E-state index contributed by atoms with van der Waals surface area (Å²) in [6, 6.07) is 19.4. The fourth-order valence-corrected chi connectivity index (χ4v) is 4.69. The van der Waals surface area contributed by atoms with Crippen molar-refractivity contribution >= 4 is 17.7 Å². The van der Waals surface area contributed by atoms with E-state index in [0.717, 1.165) is 29.7 Å². The van der Waals surface area contributed by atoms with E-state index in [0.29, 0.717) is 25.2 Å². The zero-order chi connectivity index (χ0) is 27.7. The van der Waals surface area contributed by atoms with Gasteiger partial charge < -0.3 is 50.0 Å². The van der Waals surface area contributed by atoms with E-state index in [1.54, 1.807) is 11.8 Å². The van der Waals surface area contributed by atoms with E-state index in [1.165, 1.54) is 0 Å². The number of hydrogen-bond donors (Lipinski definition) is 0. The number of benzene rings is 2. The van der Waals surface area contributed by atoms with E-state index in [2.05, 4.69) is 55.4 Å². The van der Waals surface area contributed by atoms with Crippen molar-refractivity contribution in [3.63, 3.8) is 0 Å². The van der Waals surface area contributed by atoms with Gasteiger partial charge in [-0.25, -0.2) is 17.6 Å². The monoisotopic (exact) mass is 718 g/mol. The average molecular weight is 719 g/mol. The number of rotatable bonds is 15. The van der Waals surface area contributed by atoms with Crippen LogP contribution in [0.25, 0.3) is 0 Å². The Morgan fingerprint density at radius 1 is 0.895 bits per heavy atom. The third-order valence-electron chi connectivity index (χ3n) is 5.56. The Morgan fingerprint density at radius 2 is 1.39 bits per heavy atom. The molecule has 5 heteroatoms. The van der Waals surface area contributed by atoms with Crippen molar-refractivity contribution in [3.8, 4) is 0 Å². The molecule has 0 amide bonds. The van der Waals surface area contributed by atoms with Gasteiger partial charge in [-0.15, -0.1) is 24.6 Å². The van der Waals surface area contributed by atoms with E-state index in [4.69, 9.17) is 9.47 Å². The normalized spacial score (nSPS) is 12.8. The number of ether oxygens (including phenoxy) is 2. The molecule has 0 aliphatic rings. The van der Waals surface area contributed by atoms with E-state index in [1.807, 2.05) is 67.1 Å². The molecule has 2 aromatic rings. The minimum Gasteiger partial charge on any atom is -0.465 e. The summed E-state index contributed by atoms with van der Waals surface area (Å²) in [6.07, 6.45) is 5.39. The standard InChI is InChI=1S/C29H39O3S.C4H8.Pt/c1-7-9-20-26(8-2)31-28(30)29(24-16-12-10-13-17-24,25-18-14-11-15-19-25)32-27(23(5)6)33-21-22(3)4;1-3-4-2;/h9-19,22-23,26-27H,1-2,7-8,20-21H2,3-6H3;1-4H2;/q-3;-2;. The zero-order valence-electron chi connectivity index (χ0n) is 23.7. The smallest absolute Gasteiger partial charge is 0.348 e. The first-order valence-electron chi connectivity index (χ1n) is 13.4. The van der Waals surface area contributed by atoms with Gasteiger partial charge in [0.05, 0.1) is 0 Å². The van der Waals surface area contributed by atoms with Crippen molar-refractivity contribution in [2.45, 2.75) is 76.9 Å². The van der Waals surface area contributed by atoms with Crippen molar-refractivity contribution in [3.05, 3.63) is 106 Å². The van der Waals surface area contributed by atoms with Crippen LogP contribution >= 0.6 is 11.8 Å². The molecule has 0 N–H and O–H groups in total. The summed E-state index contributed by atoms with van der Waals surface area (Å²) in [4.78, 5) is 14.1. The second-order valence-corrected chi connectivity index (χ2v) is 10.8. The van der Waals surface area contributed by atoms with Crippen LogP contribution in [0.2, 0.25) is 0 Å². The van der Waals surface area contributed by atoms with Crippen LogP contribution in [0, 0.1) is 46.0 Å². The van der Waals surface area contributed by atoms with Gasteiger partial charge in [0.15, 0.2) is 0 Å². The second kappa shape index (κ2) is 20.8. The van der Waals surface area contributed by atoms with Gasteiger partial charge in [-0.05, 0) is 28.7 Å². The summed E-state index contributed by atoms with van der Waals surface area (Å²) >= 11 is 1.75. The van der Waals surface area contributed by atoms with Crippen molar-refractivity contribution in [1.29, 1.82) is 0 Å². The van der Waals surface area contributed by atoms with Gasteiger partial charge in [-0.3, -0.25) is 0 Å². The molecule has 0 heterocycles. The maximum absolute atomic E-state index is 14.1. The topological polar surface area (TPSA) is 35.5 Å². The first kappa shape index (κ1) is 36.9. The summed E-state index contributed by atoms with van der Waals surface area (Å²) in [6.45, 7) is 23.6. The van der Waals surface area contributed by atoms with Gasteiger partial charge in [-0.2, -0.15) is 0 Å². The fourth-order valence-electron chi connectivity index (χ4n) is 3.52. The predicted molar refractivity (Wildman–Crippen MR) is 159 cm³/mol. The van der Waals surface area contributed by atoms with E-state index < -0.39 is 11.6 Å². The first-order valence-corrected chi connectivity index (χ1v) is 14.4. The van der Waals surface area contributed by atoms with Crippen LogP contribution < -0.4 is 0 Å². The molecule has 2 unspecified atom stereocenters. The van der Waals surface area contributed by atoms with E-state index in [-0.39, 0.29) is 38.5 Å². The maximum atomic E-state index is 14.1. The molecule has 0 spiro atoms. The number of carbonyl (C=O) groups excluding carboxylic acids is 1. The van der Waals surface area contributed by atoms with Crippen molar-refractivity contribution in [2.24, 2.45) is 11.8 Å². The van der Waals surface area contributed by atoms with E-state index >= 15 is 0 Å². The quantitative estimate of drug-likeness (QED) is 0.105. The molecule has 0 aromatic heterocycles. The minimum atomic E-state index is -1.38. The first-order chi connectivity index (χ1) is 17.8. The minimum absolute atomic E-state index is 0. The van der Waals surface area contributed by atoms with Gasteiger partial charge in [-0.1, -0.05) is 88.4 Å². The number of thioether (sulfide) groups is 1. The van der Waals surface area contributed by atoms with Crippen LogP contribution in [0.4, 0.5) is 0 Å². The van der Waals surface area contributed by atoms with Gasteiger partial charge in [0, 0.05) is 27.2 Å². The number of esters is 1. The molecule has 218 valence electrons. The molecule has 2 rings (SSSR count). The summed E-state index contributed by atoms with van der Waals surface area (Å²) in [7, 11) is 0. The van der Waals surface area contributed by atoms with Crippen LogP contribution in [0.15, 0.2) is 60.7 Å². The maximum Gasteiger partial charge on any atom is 0.348 e. The zero-order valence-corrected chi connectivity index (χ0v) is 26.8. The Labute approximate surface area is 252 Å². The Hall–Kier alpha value is -1.09. The van der Waals surface area contributed by atoms with Crippen LogP contribution in [-0.4, -0.2) is 23.3 Å². The van der Waals surface area contributed by atoms with Crippen molar-refractivity contribution in [2.75, 3.05) is 5.75 Å². The predicted octanol–water partition coefficient (Wildman–Crippen LogP) is 8.70. The molecule has 0 saturated heterocycles. The molecular formula is C33H47O3PtS-5. The largest absolute Gasteiger partial charge is 0.465 e. The molecule has 0 fully saturated rings. The van der Waals surface area contributed by atoms with Gasteiger partial charge in [0.2, 0.25) is 5.60 Å². The van der Waals surface area contributed by atoms with Crippen LogP contribution in [-0.2, 0) is 40.9 Å². The van der Waals surface area contributed by atoms with Gasteiger partial charge in [0.25, 0.3) is 0 Å². The van der Waals surface area contributed by atoms with Crippen LogP contribution in [0.5, 0.6) is 0 Å². The second-order valence-electron chi connectivity index (χ2n) is 9.71. The molecule has 0 aliphatic carbocycles. The molecule has 0 radical (unpaired) electrons. The molecule has 2 aromatic carbocycles. The SMILES string of the molecule is [CH2-]CC[CH2-].[CH2-]C[CH-]CC(C[CH2-])OC(=O)C(OC(SCC(C)C)C(C)C)(c1ccccc1)c1ccccc1.[Pt]. The Balaban J connectivity index is 0.00000255. The fraction of sp³-hybridized carbons (Fsp3) is 0.455. The summed E-state index contributed by atoms with van der Waals surface area (Å²) < 4.78 is 13.0. The number of hydrogen-bond acceptors (Lipinski definition) is 4. The molecule has 0 saturated carbocycles. The van der Waals surface area contributed by atoms with E-state index in [9.17, 15) is 4.79 Å². The Morgan fingerprint density at radius 3 is 1.76 bits per heavy atom. The van der Waals surface area contributed by atoms with Gasteiger partial charge >= 0.3 is 5.97 Å². The summed E-state index contributed by atoms with van der Waals surface area (Å²) in [5, 5.41) is 0. The average Bonchev–Trinajstić information content (AvgIpc) is 2.92. The molecular weight excluding hydrogens is 672 g/mol.